The van der Waals surface area contributed by atoms with Crippen LogP contribution in [0.3, 0.4) is 0 Å². The smallest absolute Gasteiger partial charge is 0.252 e. The van der Waals surface area contributed by atoms with Crippen molar-refractivity contribution in [1.29, 1.82) is 0 Å². The minimum Gasteiger partial charge on any atom is -0.348 e. The molecule has 33 heavy (non-hydrogen) atoms. The molecule has 1 aliphatic heterocycles. The Morgan fingerprint density at radius 1 is 1.18 bits per heavy atom. The first-order valence-corrected chi connectivity index (χ1v) is 11.1. The molecule has 1 amide bonds. The van der Waals surface area contributed by atoms with Gasteiger partial charge in [0.1, 0.15) is 11.0 Å². The first-order valence-electron chi connectivity index (χ1n) is 11.1. The number of rotatable bonds is 5. The molecule has 0 unspecified atom stereocenters. The SMILES string of the molecule is CC1=NCC(CNC(=O)c2cc(-c3ccc4n[nH]nc4c3)nc3c2cnn3C(C)C)=C(C)C1. The molecule has 4 aromatic rings. The second-order valence-electron chi connectivity index (χ2n) is 8.80. The second-order valence-corrected chi connectivity index (χ2v) is 8.80. The summed E-state index contributed by atoms with van der Waals surface area (Å²) >= 11 is 0. The summed E-state index contributed by atoms with van der Waals surface area (Å²) in [6.45, 7) is 9.35. The molecule has 4 heterocycles. The zero-order valence-electron chi connectivity index (χ0n) is 19.2. The van der Waals surface area contributed by atoms with Gasteiger partial charge in [0.2, 0.25) is 0 Å². The van der Waals surface area contributed by atoms with Gasteiger partial charge in [-0.3, -0.25) is 9.79 Å². The van der Waals surface area contributed by atoms with Crippen LogP contribution in [0.5, 0.6) is 0 Å². The average molecular weight is 443 g/mol. The van der Waals surface area contributed by atoms with Crippen molar-refractivity contribution in [2.75, 3.05) is 13.1 Å². The molecule has 3 aromatic heterocycles. The van der Waals surface area contributed by atoms with E-state index in [1.165, 1.54) is 5.57 Å². The number of fused-ring (bicyclic) bond motifs is 2. The highest BCUT2D eigenvalue weighted by Gasteiger charge is 2.20. The van der Waals surface area contributed by atoms with Gasteiger partial charge in [0.05, 0.1) is 29.4 Å². The van der Waals surface area contributed by atoms with Crippen molar-refractivity contribution in [3.05, 3.63) is 47.2 Å². The monoisotopic (exact) mass is 442 g/mol. The van der Waals surface area contributed by atoms with Crippen molar-refractivity contribution in [2.24, 2.45) is 4.99 Å². The van der Waals surface area contributed by atoms with E-state index in [0.29, 0.717) is 30.0 Å². The molecule has 0 saturated heterocycles. The second kappa shape index (κ2) is 8.23. The number of amides is 1. The number of pyridine rings is 1. The highest BCUT2D eigenvalue weighted by molar-refractivity contribution is 6.06. The quantitative estimate of drug-likeness (QED) is 0.456. The van der Waals surface area contributed by atoms with Gasteiger partial charge in [-0.2, -0.15) is 20.5 Å². The average Bonchev–Trinajstić information content (AvgIpc) is 3.44. The molecule has 9 heteroatoms. The van der Waals surface area contributed by atoms with Crippen molar-refractivity contribution < 1.29 is 4.79 Å². The number of nitrogens with zero attached hydrogens (tertiary/aromatic N) is 6. The number of allylic oxidation sites excluding steroid dienone is 1. The lowest BCUT2D eigenvalue weighted by atomic mass is 10.0. The maximum absolute atomic E-state index is 13.3. The standard InChI is InChI=1S/C24H26N8O/c1-13(2)32-23-19(12-27-32)18(24(33)26-11-17-10-25-15(4)7-14(17)3)9-21(28-23)16-5-6-20-22(8-16)30-31-29-20/h5-6,8-9,12-13H,7,10-11H2,1-4H3,(H,26,33)(H,29,30,31). The molecule has 5 rings (SSSR count). The molecule has 168 valence electrons. The van der Waals surface area contributed by atoms with Gasteiger partial charge in [-0.25, -0.2) is 9.67 Å². The molecule has 0 spiro atoms. The lowest BCUT2D eigenvalue weighted by Gasteiger charge is -2.17. The van der Waals surface area contributed by atoms with E-state index < -0.39 is 0 Å². The zero-order chi connectivity index (χ0) is 23.1. The van der Waals surface area contributed by atoms with Gasteiger partial charge >= 0.3 is 0 Å². The number of aromatic nitrogens is 6. The van der Waals surface area contributed by atoms with E-state index in [2.05, 4.69) is 37.7 Å². The van der Waals surface area contributed by atoms with Gasteiger partial charge in [-0.1, -0.05) is 11.6 Å². The Kier molecular flexibility index (Phi) is 5.24. The van der Waals surface area contributed by atoms with Gasteiger partial charge in [-0.05, 0) is 51.5 Å². The van der Waals surface area contributed by atoms with E-state index in [9.17, 15) is 4.79 Å². The topological polar surface area (TPSA) is 114 Å². The molecule has 0 bridgehead atoms. The number of hydrogen-bond donors (Lipinski definition) is 2. The summed E-state index contributed by atoms with van der Waals surface area (Å²) in [5, 5.41) is 19.3. The van der Waals surface area contributed by atoms with Crippen LogP contribution in [-0.2, 0) is 0 Å². The summed E-state index contributed by atoms with van der Waals surface area (Å²) in [6, 6.07) is 7.68. The van der Waals surface area contributed by atoms with E-state index in [4.69, 9.17) is 4.98 Å². The van der Waals surface area contributed by atoms with E-state index in [1.54, 1.807) is 6.20 Å². The molecule has 0 atom stereocenters. The molecule has 0 saturated carbocycles. The molecule has 2 N–H and O–H groups in total. The minimum absolute atomic E-state index is 0.107. The summed E-state index contributed by atoms with van der Waals surface area (Å²) in [4.78, 5) is 22.7. The van der Waals surface area contributed by atoms with Crippen molar-refractivity contribution in [3.63, 3.8) is 0 Å². The normalized spacial score (nSPS) is 14.4. The number of aliphatic imine (C=N–C) groups is 1. The molecule has 1 aliphatic rings. The number of dihydropyridines is 1. The van der Waals surface area contributed by atoms with Crippen molar-refractivity contribution in [1.82, 2.24) is 35.5 Å². The fraction of sp³-hybridized carbons (Fsp3) is 0.333. The summed E-state index contributed by atoms with van der Waals surface area (Å²) in [6.07, 6.45) is 2.58. The zero-order valence-corrected chi connectivity index (χ0v) is 19.2. The highest BCUT2D eigenvalue weighted by Crippen LogP contribution is 2.28. The lowest BCUT2D eigenvalue weighted by molar-refractivity contribution is 0.0958. The van der Waals surface area contributed by atoms with Gasteiger partial charge in [0, 0.05) is 30.3 Å². The predicted molar refractivity (Wildman–Crippen MR) is 128 cm³/mol. The Hall–Kier alpha value is -3.88. The largest absolute Gasteiger partial charge is 0.348 e. The molecular weight excluding hydrogens is 416 g/mol. The lowest BCUT2D eigenvalue weighted by Crippen LogP contribution is -2.28. The predicted octanol–water partition coefficient (Wildman–Crippen LogP) is 3.86. The van der Waals surface area contributed by atoms with Crippen molar-refractivity contribution >= 4 is 33.7 Å². The van der Waals surface area contributed by atoms with Crippen molar-refractivity contribution in [3.8, 4) is 11.3 Å². The Morgan fingerprint density at radius 2 is 2.00 bits per heavy atom. The van der Waals surface area contributed by atoms with Crippen LogP contribution in [0.1, 0.15) is 50.5 Å². The number of aromatic amines is 1. The summed E-state index contributed by atoms with van der Waals surface area (Å²) in [5.41, 5.74) is 7.87. The molecule has 1 aromatic carbocycles. The maximum Gasteiger partial charge on any atom is 0.252 e. The van der Waals surface area contributed by atoms with Gasteiger partial charge in [0.25, 0.3) is 5.91 Å². The number of H-pyrrole nitrogens is 1. The van der Waals surface area contributed by atoms with Crippen LogP contribution < -0.4 is 5.32 Å². The Morgan fingerprint density at radius 3 is 2.79 bits per heavy atom. The number of hydrogen-bond acceptors (Lipinski definition) is 6. The van der Waals surface area contributed by atoms with E-state index in [1.807, 2.05) is 49.7 Å². The van der Waals surface area contributed by atoms with Crippen LogP contribution in [0.25, 0.3) is 33.3 Å². The molecular formula is C24H26N8O. The number of benzene rings is 1. The number of nitrogens with one attached hydrogen (secondary N) is 2. The molecule has 0 fully saturated rings. The molecule has 9 nitrogen and oxygen atoms in total. The number of carbonyl (C=O) groups is 1. The first-order chi connectivity index (χ1) is 15.9. The van der Waals surface area contributed by atoms with Crippen molar-refractivity contribution in [2.45, 2.75) is 40.2 Å². The molecule has 0 radical (unpaired) electrons. The molecule has 0 aliphatic carbocycles. The summed E-state index contributed by atoms with van der Waals surface area (Å²) in [7, 11) is 0. The first kappa shape index (κ1) is 21.0. The Bertz CT molecular complexity index is 1440. The third-order valence-corrected chi connectivity index (χ3v) is 6.04. The minimum atomic E-state index is -0.152. The van der Waals surface area contributed by atoms with Crippen LogP contribution >= 0.6 is 0 Å². The third kappa shape index (κ3) is 3.90. The van der Waals surface area contributed by atoms with Gasteiger partial charge < -0.3 is 5.32 Å². The van der Waals surface area contributed by atoms with E-state index >= 15 is 0 Å². The van der Waals surface area contributed by atoms with E-state index in [0.717, 1.165) is 39.7 Å². The van der Waals surface area contributed by atoms with Crippen LogP contribution in [-0.4, -0.2) is 54.9 Å². The maximum atomic E-state index is 13.3. The summed E-state index contributed by atoms with van der Waals surface area (Å²) < 4.78 is 1.84. The fourth-order valence-corrected chi connectivity index (χ4v) is 4.15. The van der Waals surface area contributed by atoms with Gasteiger partial charge in [-0.15, -0.1) is 0 Å². The van der Waals surface area contributed by atoms with Crippen LogP contribution in [0, 0.1) is 0 Å². The van der Waals surface area contributed by atoms with Crippen LogP contribution in [0.4, 0.5) is 0 Å². The van der Waals surface area contributed by atoms with Crippen LogP contribution in [0.2, 0.25) is 0 Å². The third-order valence-electron chi connectivity index (χ3n) is 6.04. The summed E-state index contributed by atoms with van der Waals surface area (Å²) in [5.74, 6) is -0.152. The Labute approximate surface area is 191 Å². The highest BCUT2D eigenvalue weighted by atomic mass is 16.1. The number of carbonyl (C=O) groups excluding carboxylic acids is 1. The van der Waals surface area contributed by atoms with E-state index in [-0.39, 0.29) is 11.9 Å². The van der Waals surface area contributed by atoms with Gasteiger partial charge in [0.15, 0.2) is 5.65 Å². The van der Waals surface area contributed by atoms with Crippen LogP contribution in [0.15, 0.2) is 46.6 Å². The Balaban J connectivity index is 1.54. The fourth-order valence-electron chi connectivity index (χ4n) is 4.15.